The van der Waals surface area contributed by atoms with Crippen LogP contribution in [0.2, 0.25) is 0 Å². The molecule has 2 aromatic rings. The zero-order valence-electron chi connectivity index (χ0n) is 10.1. The van der Waals surface area contributed by atoms with E-state index in [1.807, 2.05) is 10.6 Å². The summed E-state index contributed by atoms with van der Waals surface area (Å²) >= 11 is 5.24. The summed E-state index contributed by atoms with van der Waals surface area (Å²) in [4.78, 5) is 8.09. The van der Waals surface area contributed by atoms with Gasteiger partial charge in [0.1, 0.15) is 12.0 Å². The van der Waals surface area contributed by atoms with Crippen LogP contribution < -0.4 is 0 Å². The quantitative estimate of drug-likeness (QED) is 0.830. The fourth-order valence-corrected chi connectivity index (χ4v) is 1.75. The normalized spacial score (nSPS) is 11.7. The first kappa shape index (κ1) is 11.9. The molecule has 5 nitrogen and oxygen atoms in total. The van der Waals surface area contributed by atoms with Crippen molar-refractivity contribution in [3.8, 4) is 11.5 Å². The van der Waals surface area contributed by atoms with Crippen LogP contribution in [0, 0.1) is 10.2 Å². The number of nitrogens with one attached hydrogen (secondary N) is 1. The number of hydrogen-bond donors (Lipinski definition) is 1. The maximum absolute atomic E-state index is 5.24. The zero-order valence-corrected chi connectivity index (χ0v) is 11.0. The molecule has 0 saturated heterocycles. The molecular weight excluding hydrogens is 234 g/mol. The van der Waals surface area contributed by atoms with Crippen LogP contribution in [0.3, 0.4) is 0 Å². The van der Waals surface area contributed by atoms with Crippen molar-refractivity contribution in [2.24, 2.45) is 5.41 Å². The molecule has 0 aromatic carbocycles. The van der Waals surface area contributed by atoms with E-state index in [-0.39, 0.29) is 5.41 Å². The van der Waals surface area contributed by atoms with Gasteiger partial charge in [0.25, 0.3) is 0 Å². The third-order valence-corrected chi connectivity index (χ3v) is 2.51. The molecule has 0 fully saturated rings. The summed E-state index contributed by atoms with van der Waals surface area (Å²) in [6, 6.07) is 1.82. The topological polar surface area (TPSA) is 59.4 Å². The van der Waals surface area contributed by atoms with Crippen LogP contribution in [-0.2, 0) is 6.54 Å². The van der Waals surface area contributed by atoms with Crippen molar-refractivity contribution >= 4 is 12.2 Å². The van der Waals surface area contributed by atoms with Crippen molar-refractivity contribution in [3.05, 3.63) is 23.4 Å². The lowest BCUT2D eigenvalue weighted by molar-refractivity contribution is 0.343. The molecule has 0 unspecified atom stereocenters. The molecule has 2 aromatic heterocycles. The van der Waals surface area contributed by atoms with Gasteiger partial charge in [0.2, 0.25) is 0 Å². The molecule has 17 heavy (non-hydrogen) atoms. The van der Waals surface area contributed by atoms with E-state index in [0.29, 0.717) is 4.77 Å². The van der Waals surface area contributed by atoms with E-state index in [1.54, 1.807) is 6.20 Å². The summed E-state index contributed by atoms with van der Waals surface area (Å²) in [5.41, 5.74) is 0.903. The highest BCUT2D eigenvalue weighted by molar-refractivity contribution is 7.71. The summed E-state index contributed by atoms with van der Waals surface area (Å²) in [6.07, 6.45) is 3.20. The molecule has 0 aliphatic rings. The van der Waals surface area contributed by atoms with Crippen LogP contribution in [-0.4, -0.2) is 24.7 Å². The van der Waals surface area contributed by atoms with Crippen LogP contribution in [0.5, 0.6) is 0 Å². The summed E-state index contributed by atoms with van der Waals surface area (Å²) in [5.74, 6) is 0.757. The van der Waals surface area contributed by atoms with Gasteiger partial charge in [-0.15, -0.1) is 0 Å². The monoisotopic (exact) mass is 249 g/mol. The van der Waals surface area contributed by atoms with Gasteiger partial charge in [-0.1, -0.05) is 20.8 Å². The maximum Gasteiger partial charge on any atom is 0.195 e. The number of H-pyrrole nitrogens is 1. The lowest BCUT2D eigenvalue weighted by Crippen LogP contribution is -2.16. The summed E-state index contributed by atoms with van der Waals surface area (Å²) in [7, 11) is 0. The number of rotatable bonds is 2. The Morgan fingerprint density at radius 1 is 1.41 bits per heavy atom. The second-order valence-corrected chi connectivity index (χ2v) is 5.48. The van der Waals surface area contributed by atoms with Gasteiger partial charge in [0.15, 0.2) is 10.6 Å². The molecule has 0 aliphatic heterocycles. The molecule has 6 heteroatoms. The molecule has 0 bridgehead atoms. The molecule has 0 radical (unpaired) electrons. The second-order valence-electron chi connectivity index (χ2n) is 5.09. The minimum Gasteiger partial charge on any atom is -0.298 e. The van der Waals surface area contributed by atoms with Gasteiger partial charge in [-0.25, -0.2) is 9.97 Å². The average molecular weight is 249 g/mol. The summed E-state index contributed by atoms with van der Waals surface area (Å²) in [5, 5.41) is 7.04. The summed E-state index contributed by atoms with van der Waals surface area (Å²) in [6.45, 7) is 7.27. The maximum atomic E-state index is 5.24. The number of aromatic amines is 1. The first-order chi connectivity index (χ1) is 7.97. The minimum atomic E-state index is 0.129. The lowest BCUT2D eigenvalue weighted by atomic mass is 9.97. The number of aromatic nitrogens is 5. The predicted octanol–water partition coefficient (Wildman–Crippen LogP) is 2.44. The van der Waals surface area contributed by atoms with E-state index in [4.69, 9.17) is 12.2 Å². The van der Waals surface area contributed by atoms with E-state index in [9.17, 15) is 0 Å². The van der Waals surface area contributed by atoms with Crippen LogP contribution in [0.25, 0.3) is 11.5 Å². The van der Waals surface area contributed by atoms with Gasteiger partial charge in [0.05, 0.1) is 0 Å². The van der Waals surface area contributed by atoms with E-state index >= 15 is 0 Å². The zero-order chi connectivity index (χ0) is 12.5. The van der Waals surface area contributed by atoms with Gasteiger partial charge >= 0.3 is 0 Å². The molecule has 0 amide bonds. The van der Waals surface area contributed by atoms with Gasteiger partial charge in [-0.2, -0.15) is 5.10 Å². The molecule has 2 heterocycles. The molecule has 0 saturated carbocycles. The molecule has 90 valence electrons. The number of nitrogens with zero attached hydrogens (tertiary/aromatic N) is 4. The molecule has 2 rings (SSSR count). The Labute approximate surface area is 105 Å². The fraction of sp³-hybridized carbons (Fsp3) is 0.455. The van der Waals surface area contributed by atoms with Crippen LogP contribution in [0.15, 0.2) is 18.6 Å². The highest BCUT2D eigenvalue weighted by Gasteiger charge is 2.17. The van der Waals surface area contributed by atoms with E-state index < -0.39 is 0 Å². The predicted molar refractivity (Wildman–Crippen MR) is 67.9 cm³/mol. The third kappa shape index (κ3) is 2.76. The lowest BCUT2D eigenvalue weighted by Gasteiger charge is -2.19. The highest BCUT2D eigenvalue weighted by atomic mass is 32.1. The smallest absolute Gasteiger partial charge is 0.195 e. The van der Waals surface area contributed by atoms with Gasteiger partial charge in [0, 0.05) is 12.7 Å². The number of hydrogen-bond acceptors (Lipinski definition) is 4. The van der Waals surface area contributed by atoms with Crippen LogP contribution in [0.1, 0.15) is 20.8 Å². The Balaban J connectivity index is 2.47. The van der Waals surface area contributed by atoms with Crippen molar-refractivity contribution in [1.82, 2.24) is 24.7 Å². The SMILES string of the molecule is CC(C)(C)Cn1c(-c2ccncn2)n[nH]c1=S. The second kappa shape index (κ2) is 4.37. The Kier molecular flexibility index (Phi) is 3.06. The van der Waals surface area contributed by atoms with Crippen molar-refractivity contribution < 1.29 is 0 Å². The Hall–Kier alpha value is -1.56. The van der Waals surface area contributed by atoms with Crippen molar-refractivity contribution in [3.63, 3.8) is 0 Å². The fourth-order valence-electron chi connectivity index (χ4n) is 1.56. The van der Waals surface area contributed by atoms with Crippen LogP contribution in [0.4, 0.5) is 0 Å². The Bertz CT molecular complexity index is 549. The minimum absolute atomic E-state index is 0.129. The Morgan fingerprint density at radius 3 is 2.76 bits per heavy atom. The molecule has 0 aliphatic carbocycles. The summed E-state index contributed by atoms with van der Waals surface area (Å²) < 4.78 is 2.59. The van der Waals surface area contributed by atoms with Gasteiger partial charge in [-0.05, 0) is 23.7 Å². The largest absolute Gasteiger partial charge is 0.298 e. The third-order valence-electron chi connectivity index (χ3n) is 2.20. The van der Waals surface area contributed by atoms with E-state index in [2.05, 4.69) is 40.9 Å². The Morgan fingerprint density at radius 2 is 2.18 bits per heavy atom. The first-order valence-electron chi connectivity index (χ1n) is 5.39. The van der Waals surface area contributed by atoms with Crippen molar-refractivity contribution in [2.45, 2.75) is 27.3 Å². The average Bonchev–Trinajstić information content (AvgIpc) is 2.60. The van der Waals surface area contributed by atoms with Gasteiger partial charge < -0.3 is 0 Å². The first-order valence-corrected chi connectivity index (χ1v) is 5.80. The van der Waals surface area contributed by atoms with Gasteiger partial charge in [-0.3, -0.25) is 9.67 Å². The van der Waals surface area contributed by atoms with Crippen molar-refractivity contribution in [2.75, 3.05) is 0 Å². The van der Waals surface area contributed by atoms with Crippen LogP contribution >= 0.6 is 12.2 Å². The highest BCUT2D eigenvalue weighted by Crippen LogP contribution is 2.21. The van der Waals surface area contributed by atoms with E-state index in [0.717, 1.165) is 18.1 Å². The molecular formula is C11H15N5S. The molecule has 1 N–H and O–H groups in total. The molecule has 0 spiro atoms. The van der Waals surface area contributed by atoms with E-state index in [1.165, 1.54) is 6.33 Å². The molecule has 0 atom stereocenters. The standard InChI is InChI=1S/C11H15N5S/c1-11(2,3)6-16-9(14-15-10(16)17)8-4-5-12-7-13-8/h4-5,7H,6H2,1-3H3,(H,15,17). The van der Waals surface area contributed by atoms with Crippen molar-refractivity contribution in [1.29, 1.82) is 0 Å².